The molecule has 9 heteroatoms. The highest BCUT2D eigenvalue weighted by molar-refractivity contribution is 7.90. The van der Waals surface area contributed by atoms with E-state index in [1.807, 2.05) is 0 Å². The first kappa shape index (κ1) is 20.0. The molecule has 0 unspecified atom stereocenters. The minimum Gasteiger partial charge on any atom is -0.373 e. The number of quaternary nitrogens is 1. The lowest BCUT2D eigenvalue weighted by Crippen LogP contribution is -3.22. The zero-order valence-corrected chi connectivity index (χ0v) is 16.5. The first-order valence-corrected chi connectivity index (χ1v) is 11.4. The second-order valence-corrected chi connectivity index (χ2v) is 9.63. The van der Waals surface area contributed by atoms with Crippen LogP contribution in [-0.4, -0.2) is 58.0 Å². The third-order valence-corrected chi connectivity index (χ3v) is 6.98. The van der Waals surface area contributed by atoms with Gasteiger partial charge >= 0.3 is 0 Å². The molecular weight excluding hydrogens is 370 g/mol. The predicted molar refractivity (Wildman–Crippen MR) is 102 cm³/mol. The summed E-state index contributed by atoms with van der Waals surface area (Å²) in [6, 6.07) is 4.09. The van der Waals surface area contributed by atoms with Crippen molar-refractivity contribution < 1.29 is 23.0 Å². The number of nitrogens with zero attached hydrogens (tertiary/aromatic N) is 1. The standard InChI is InChI=1S/C18H27N3O5S/c1-27(24,25)15-5-6-16(17(13-15)21(22)23)19-14-18(7-3-2-4-8-18)20-9-11-26-12-10-20/h5-6,13,19H,2-4,7-12,14H2,1H3/p+1. The average molecular weight is 399 g/mol. The van der Waals surface area contributed by atoms with Crippen LogP contribution in [0.5, 0.6) is 0 Å². The second-order valence-electron chi connectivity index (χ2n) is 7.62. The minimum atomic E-state index is -3.49. The van der Waals surface area contributed by atoms with E-state index >= 15 is 0 Å². The number of ether oxygens (including phenoxy) is 1. The summed E-state index contributed by atoms with van der Waals surface area (Å²) in [7, 11) is -3.49. The van der Waals surface area contributed by atoms with Crippen molar-refractivity contribution in [2.75, 3.05) is 44.4 Å². The SMILES string of the molecule is CS(=O)(=O)c1ccc(NCC2([NH+]3CCOCC3)CCCCC2)c([N+](=O)[O-])c1. The third-order valence-electron chi connectivity index (χ3n) is 5.87. The van der Waals surface area contributed by atoms with Crippen LogP contribution in [0.25, 0.3) is 0 Å². The van der Waals surface area contributed by atoms with Crippen molar-refractivity contribution >= 4 is 21.2 Å². The van der Waals surface area contributed by atoms with Crippen molar-refractivity contribution in [3.05, 3.63) is 28.3 Å². The molecule has 2 aliphatic rings. The van der Waals surface area contributed by atoms with Crippen LogP contribution in [0.2, 0.25) is 0 Å². The molecule has 2 N–H and O–H groups in total. The number of benzene rings is 1. The van der Waals surface area contributed by atoms with Gasteiger partial charge in [-0.05, 0) is 25.0 Å². The van der Waals surface area contributed by atoms with Gasteiger partial charge in [-0.2, -0.15) is 0 Å². The van der Waals surface area contributed by atoms with Gasteiger partial charge in [0.05, 0.1) is 29.6 Å². The van der Waals surface area contributed by atoms with Gasteiger partial charge in [0.1, 0.15) is 24.3 Å². The molecule has 1 saturated heterocycles. The van der Waals surface area contributed by atoms with Crippen LogP contribution < -0.4 is 10.2 Å². The van der Waals surface area contributed by atoms with E-state index in [9.17, 15) is 18.5 Å². The second kappa shape index (κ2) is 8.12. The summed E-state index contributed by atoms with van der Waals surface area (Å²) < 4.78 is 29.0. The van der Waals surface area contributed by atoms with E-state index in [4.69, 9.17) is 4.74 Å². The van der Waals surface area contributed by atoms with Crippen molar-refractivity contribution in [1.82, 2.24) is 0 Å². The number of nitro benzene ring substituents is 1. The van der Waals surface area contributed by atoms with E-state index in [1.165, 1.54) is 36.3 Å². The summed E-state index contributed by atoms with van der Waals surface area (Å²) in [6.45, 7) is 4.05. The van der Waals surface area contributed by atoms with Crippen LogP contribution in [-0.2, 0) is 14.6 Å². The van der Waals surface area contributed by atoms with E-state index < -0.39 is 14.8 Å². The summed E-state index contributed by atoms with van der Waals surface area (Å²) in [5, 5.41) is 14.8. The lowest BCUT2D eigenvalue weighted by atomic mass is 9.79. The van der Waals surface area contributed by atoms with Gasteiger partial charge in [-0.1, -0.05) is 6.42 Å². The van der Waals surface area contributed by atoms with Crippen molar-refractivity contribution in [2.45, 2.75) is 42.5 Å². The van der Waals surface area contributed by atoms with Crippen LogP contribution in [0, 0.1) is 10.1 Å². The van der Waals surface area contributed by atoms with Crippen LogP contribution >= 0.6 is 0 Å². The molecule has 2 fully saturated rings. The largest absolute Gasteiger partial charge is 0.373 e. The Bertz CT molecular complexity index is 784. The average Bonchev–Trinajstić information content (AvgIpc) is 2.67. The van der Waals surface area contributed by atoms with Crippen LogP contribution in [0.15, 0.2) is 23.1 Å². The van der Waals surface area contributed by atoms with Gasteiger partial charge in [-0.3, -0.25) is 10.1 Å². The van der Waals surface area contributed by atoms with Crippen molar-refractivity contribution in [1.29, 1.82) is 0 Å². The lowest BCUT2D eigenvalue weighted by Gasteiger charge is -2.45. The van der Waals surface area contributed by atoms with Gasteiger partial charge in [-0.25, -0.2) is 8.42 Å². The summed E-state index contributed by atoms with van der Waals surface area (Å²) in [6.07, 6.45) is 6.80. The monoisotopic (exact) mass is 398 g/mol. The van der Waals surface area contributed by atoms with Crippen LogP contribution in [0.1, 0.15) is 32.1 Å². The molecule has 8 nitrogen and oxygen atoms in total. The van der Waals surface area contributed by atoms with Gasteiger partial charge in [0.15, 0.2) is 9.84 Å². The van der Waals surface area contributed by atoms with Gasteiger partial charge < -0.3 is 15.0 Å². The molecule has 0 bridgehead atoms. The van der Waals surface area contributed by atoms with Gasteiger partial charge in [0, 0.05) is 25.2 Å². The summed E-state index contributed by atoms with van der Waals surface area (Å²) in [5.74, 6) is 0. The third kappa shape index (κ3) is 4.59. The number of anilines is 1. The lowest BCUT2D eigenvalue weighted by molar-refractivity contribution is -0.959. The molecule has 0 aromatic heterocycles. The molecule has 150 valence electrons. The fourth-order valence-corrected chi connectivity index (χ4v) is 4.98. The molecule has 1 aromatic rings. The zero-order valence-electron chi connectivity index (χ0n) is 15.7. The highest BCUT2D eigenvalue weighted by atomic mass is 32.2. The summed E-state index contributed by atoms with van der Waals surface area (Å²) in [4.78, 5) is 12.4. The number of sulfone groups is 1. The van der Waals surface area contributed by atoms with E-state index in [0.29, 0.717) is 12.2 Å². The number of nitro groups is 1. The fourth-order valence-electron chi connectivity index (χ4n) is 4.34. The maximum Gasteiger partial charge on any atom is 0.293 e. The van der Waals surface area contributed by atoms with Crippen LogP contribution in [0.3, 0.4) is 0 Å². The van der Waals surface area contributed by atoms with Gasteiger partial charge in [0.2, 0.25) is 0 Å². The zero-order chi connectivity index (χ0) is 19.5. The molecule has 1 heterocycles. The number of morpholine rings is 1. The Morgan fingerprint density at radius 1 is 1.22 bits per heavy atom. The number of hydrogen-bond acceptors (Lipinski definition) is 6. The van der Waals surface area contributed by atoms with E-state index in [0.717, 1.165) is 51.5 Å². The Morgan fingerprint density at radius 3 is 2.48 bits per heavy atom. The highest BCUT2D eigenvalue weighted by Gasteiger charge is 2.42. The number of rotatable bonds is 6. The molecular formula is C18H28N3O5S+. The van der Waals surface area contributed by atoms with E-state index in [2.05, 4.69) is 5.32 Å². The van der Waals surface area contributed by atoms with E-state index in [1.54, 1.807) is 0 Å². The minimum absolute atomic E-state index is 0.0362. The van der Waals surface area contributed by atoms with Crippen molar-refractivity contribution in [3.8, 4) is 0 Å². The van der Waals surface area contributed by atoms with Crippen molar-refractivity contribution in [2.24, 2.45) is 0 Å². The number of hydrogen-bond donors (Lipinski definition) is 2. The molecule has 1 saturated carbocycles. The van der Waals surface area contributed by atoms with Gasteiger partial charge in [-0.15, -0.1) is 0 Å². The molecule has 0 atom stereocenters. The Labute approximate surface area is 160 Å². The van der Waals surface area contributed by atoms with Gasteiger partial charge in [0.25, 0.3) is 5.69 Å². The summed E-state index contributed by atoms with van der Waals surface area (Å²) in [5.41, 5.74) is 0.233. The normalized spacial score (nSPS) is 20.9. The molecule has 0 radical (unpaired) electrons. The predicted octanol–water partition coefficient (Wildman–Crippen LogP) is 1.03. The van der Waals surface area contributed by atoms with Crippen molar-refractivity contribution in [3.63, 3.8) is 0 Å². The van der Waals surface area contributed by atoms with Crippen LogP contribution in [0.4, 0.5) is 11.4 Å². The molecule has 3 rings (SSSR count). The Morgan fingerprint density at radius 2 is 1.89 bits per heavy atom. The fraction of sp³-hybridized carbons (Fsp3) is 0.667. The molecule has 1 aliphatic carbocycles. The highest BCUT2D eigenvalue weighted by Crippen LogP contribution is 2.30. The first-order chi connectivity index (χ1) is 12.8. The maximum atomic E-state index is 11.7. The molecule has 27 heavy (non-hydrogen) atoms. The topological polar surface area (TPSA) is 103 Å². The number of nitrogens with one attached hydrogen (secondary N) is 2. The Balaban J connectivity index is 1.83. The molecule has 0 amide bonds. The smallest absolute Gasteiger partial charge is 0.293 e. The maximum absolute atomic E-state index is 11.7. The molecule has 1 aromatic carbocycles. The van der Waals surface area contributed by atoms with E-state index in [-0.39, 0.29) is 16.1 Å². The Hall–Kier alpha value is -1.71. The first-order valence-electron chi connectivity index (χ1n) is 9.47. The molecule has 1 aliphatic heterocycles. The molecule has 0 spiro atoms. The summed E-state index contributed by atoms with van der Waals surface area (Å²) >= 11 is 0. The Kier molecular flexibility index (Phi) is 6.02. The quantitative estimate of drug-likeness (QED) is 0.548.